The van der Waals surface area contributed by atoms with Crippen LogP contribution in [-0.4, -0.2) is 46.1 Å². The molecular weight excluding hydrogens is 300 g/mol. The van der Waals surface area contributed by atoms with Gasteiger partial charge in [0.1, 0.15) is 0 Å². The van der Waals surface area contributed by atoms with Crippen molar-refractivity contribution in [3.63, 3.8) is 0 Å². The molecule has 0 saturated carbocycles. The lowest BCUT2D eigenvalue weighted by molar-refractivity contribution is 0.267. The number of hydrogen-bond donors (Lipinski definition) is 2. The van der Waals surface area contributed by atoms with Crippen molar-refractivity contribution in [1.29, 1.82) is 0 Å². The fourth-order valence-electron chi connectivity index (χ4n) is 3.29. The number of aliphatic imine (C=N–C) groups is 1. The Hall–Kier alpha value is -2.34. The Balaban J connectivity index is 1.59. The van der Waals surface area contributed by atoms with Gasteiger partial charge in [0.15, 0.2) is 5.96 Å². The van der Waals surface area contributed by atoms with Crippen LogP contribution in [-0.2, 0) is 6.54 Å². The molecule has 2 heterocycles. The number of benzene rings is 1. The quantitative estimate of drug-likeness (QED) is 0.627. The monoisotopic (exact) mass is 326 g/mol. The number of imidazole rings is 1. The second-order valence-electron chi connectivity index (χ2n) is 6.11. The summed E-state index contributed by atoms with van der Waals surface area (Å²) in [6, 6.07) is 8.74. The number of guanidine groups is 1. The van der Waals surface area contributed by atoms with Gasteiger partial charge in [0.05, 0.1) is 18.6 Å². The van der Waals surface area contributed by atoms with Crippen LogP contribution in [0, 0.1) is 0 Å². The van der Waals surface area contributed by atoms with E-state index in [2.05, 4.69) is 39.2 Å². The second kappa shape index (κ2) is 7.97. The maximum atomic E-state index is 6.06. The van der Waals surface area contributed by atoms with E-state index in [9.17, 15) is 0 Å². The van der Waals surface area contributed by atoms with E-state index in [1.54, 1.807) is 12.5 Å². The molecule has 128 valence electrons. The Labute approximate surface area is 143 Å². The third-order valence-electron chi connectivity index (χ3n) is 4.62. The molecule has 3 N–H and O–H groups in total. The summed E-state index contributed by atoms with van der Waals surface area (Å²) in [5.74, 6) is 0.512. The molecule has 1 aromatic heterocycles. The molecule has 24 heavy (non-hydrogen) atoms. The minimum Gasteiger partial charge on any atom is -0.370 e. The third-order valence-corrected chi connectivity index (χ3v) is 4.62. The number of nitrogens with zero attached hydrogens (tertiary/aromatic N) is 4. The van der Waals surface area contributed by atoms with Crippen LogP contribution in [0.4, 0.5) is 0 Å². The van der Waals surface area contributed by atoms with Gasteiger partial charge < -0.3 is 15.6 Å². The first-order valence-electron chi connectivity index (χ1n) is 8.62. The molecule has 6 nitrogen and oxygen atoms in total. The number of likely N-dealkylation sites (N-methyl/N-ethyl adjacent to an activating group) is 1. The van der Waals surface area contributed by atoms with Crippen LogP contribution in [0.15, 0.2) is 48.0 Å². The number of hydrogen-bond acceptors (Lipinski definition) is 3. The van der Waals surface area contributed by atoms with Crippen molar-refractivity contribution in [3.05, 3.63) is 48.5 Å². The predicted molar refractivity (Wildman–Crippen MR) is 97.2 cm³/mol. The van der Waals surface area contributed by atoms with Gasteiger partial charge in [-0.05, 0) is 37.6 Å². The van der Waals surface area contributed by atoms with Crippen LogP contribution in [0.3, 0.4) is 0 Å². The Bertz CT molecular complexity index is 664. The fourth-order valence-corrected chi connectivity index (χ4v) is 3.29. The summed E-state index contributed by atoms with van der Waals surface area (Å²) in [6.07, 6.45) is 8.01. The van der Waals surface area contributed by atoms with E-state index >= 15 is 0 Å². The van der Waals surface area contributed by atoms with Gasteiger partial charge >= 0.3 is 0 Å². The van der Waals surface area contributed by atoms with E-state index in [0.29, 0.717) is 18.5 Å². The molecular formula is C18H26N6. The first-order chi connectivity index (χ1) is 11.8. The van der Waals surface area contributed by atoms with Crippen molar-refractivity contribution in [2.24, 2.45) is 10.7 Å². The highest BCUT2D eigenvalue weighted by Gasteiger charge is 2.22. The van der Waals surface area contributed by atoms with Gasteiger partial charge in [-0.3, -0.25) is 4.90 Å². The average Bonchev–Trinajstić information content (AvgIpc) is 3.29. The molecule has 0 spiro atoms. The Kier molecular flexibility index (Phi) is 5.48. The normalized spacial score (nSPS) is 18.9. The highest BCUT2D eigenvalue weighted by molar-refractivity contribution is 5.77. The van der Waals surface area contributed by atoms with Crippen molar-refractivity contribution in [3.8, 4) is 5.69 Å². The van der Waals surface area contributed by atoms with E-state index in [1.165, 1.54) is 19.4 Å². The van der Waals surface area contributed by atoms with Crippen molar-refractivity contribution in [2.75, 3.05) is 19.6 Å². The second-order valence-corrected chi connectivity index (χ2v) is 6.11. The zero-order chi connectivity index (χ0) is 16.8. The minimum atomic E-state index is 0.512. The number of nitrogens with two attached hydrogens (primary N) is 1. The summed E-state index contributed by atoms with van der Waals surface area (Å²) in [5.41, 5.74) is 8.26. The first-order valence-corrected chi connectivity index (χ1v) is 8.62. The molecule has 1 aromatic carbocycles. The van der Waals surface area contributed by atoms with Crippen LogP contribution in [0.5, 0.6) is 0 Å². The summed E-state index contributed by atoms with van der Waals surface area (Å²) in [4.78, 5) is 11.1. The minimum absolute atomic E-state index is 0.512. The summed E-state index contributed by atoms with van der Waals surface area (Å²) in [5, 5.41) is 3.28. The van der Waals surface area contributed by atoms with Gasteiger partial charge in [-0.2, -0.15) is 0 Å². The largest absolute Gasteiger partial charge is 0.370 e. The maximum Gasteiger partial charge on any atom is 0.188 e. The molecule has 0 aliphatic carbocycles. The first kappa shape index (κ1) is 16.5. The smallest absolute Gasteiger partial charge is 0.188 e. The molecule has 3 rings (SSSR count). The average molecular weight is 326 g/mol. The molecule has 0 bridgehead atoms. The van der Waals surface area contributed by atoms with Crippen LogP contribution >= 0.6 is 0 Å². The van der Waals surface area contributed by atoms with E-state index in [0.717, 1.165) is 24.3 Å². The van der Waals surface area contributed by atoms with Crippen LogP contribution in [0.1, 0.15) is 25.3 Å². The summed E-state index contributed by atoms with van der Waals surface area (Å²) < 4.78 is 1.99. The van der Waals surface area contributed by atoms with E-state index in [-0.39, 0.29) is 0 Å². The van der Waals surface area contributed by atoms with Crippen molar-refractivity contribution < 1.29 is 0 Å². The fraction of sp³-hybridized carbons (Fsp3) is 0.444. The van der Waals surface area contributed by atoms with Gasteiger partial charge in [0.2, 0.25) is 0 Å². The SMILES string of the molecule is CCN1CCCC1CNC(N)=NCc1ccccc1-n1ccnc1. The highest BCUT2D eigenvalue weighted by atomic mass is 15.2. The van der Waals surface area contributed by atoms with Crippen LogP contribution < -0.4 is 11.1 Å². The number of rotatable bonds is 6. The molecule has 6 heteroatoms. The van der Waals surface area contributed by atoms with Gasteiger partial charge in [-0.25, -0.2) is 9.98 Å². The summed E-state index contributed by atoms with van der Waals surface area (Å²) in [7, 11) is 0. The van der Waals surface area contributed by atoms with Crippen molar-refractivity contribution >= 4 is 5.96 Å². The molecule has 1 aliphatic rings. The van der Waals surface area contributed by atoms with Gasteiger partial charge in [-0.15, -0.1) is 0 Å². The lowest BCUT2D eigenvalue weighted by Gasteiger charge is -2.23. The van der Waals surface area contributed by atoms with Gasteiger partial charge in [0, 0.05) is 25.0 Å². The summed E-state index contributed by atoms with van der Waals surface area (Å²) >= 11 is 0. The summed E-state index contributed by atoms with van der Waals surface area (Å²) in [6.45, 7) is 5.92. The Morgan fingerprint density at radius 1 is 1.42 bits per heavy atom. The number of aromatic nitrogens is 2. The van der Waals surface area contributed by atoms with Crippen LogP contribution in [0.2, 0.25) is 0 Å². The molecule has 1 saturated heterocycles. The number of para-hydroxylation sites is 1. The predicted octanol–water partition coefficient (Wildman–Crippen LogP) is 1.76. The maximum absolute atomic E-state index is 6.06. The Morgan fingerprint density at radius 2 is 2.29 bits per heavy atom. The van der Waals surface area contributed by atoms with E-state index in [4.69, 9.17) is 5.73 Å². The van der Waals surface area contributed by atoms with E-state index in [1.807, 2.05) is 22.9 Å². The topological polar surface area (TPSA) is 71.5 Å². The lowest BCUT2D eigenvalue weighted by Crippen LogP contribution is -2.42. The number of nitrogens with one attached hydrogen (secondary N) is 1. The van der Waals surface area contributed by atoms with Gasteiger partial charge in [0.25, 0.3) is 0 Å². The zero-order valence-corrected chi connectivity index (χ0v) is 14.2. The zero-order valence-electron chi connectivity index (χ0n) is 14.2. The highest BCUT2D eigenvalue weighted by Crippen LogP contribution is 2.16. The molecule has 1 atom stereocenters. The third kappa shape index (κ3) is 3.94. The molecule has 1 aliphatic heterocycles. The Morgan fingerprint density at radius 3 is 3.08 bits per heavy atom. The van der Waals surface area contributed by atoms with Crippen molar-refractivity contribution in [1.82, 2.24) is 19.8 Å². The molecule has 0 radical (unpaired) electrons. The van der Waals surface area contributed by atoms with Gasteiger partial charge in [-0.1, -0.05) is 25.1 Å². The molecule has 1 fully saturated rings. The van der Waals surface area contributed by atoms with Crippen molar-refractivity contribution in [2.45, 2.75) is 32.4 Å². The molecule has 1 unspecified atom stereocenters. The molecule has 2 aromatic rings. The standard InChI is InChI=1S/C18H26N6/c1-2-23-10-5-7-16(23)13-22-18(19)21-12-15-6-3-4-8-17(15)24-11-9-20-14-24/h3-4,6,8-9,11,14,16H,2,5,7,10,12-13H2,1H3,(H3,19,21,22). The number of likely N-dealkylation sites (tertiary alicyclic amines) is 1. The van der Waals surface area contributed by atoms with E-state index < -0.39 is 0 Å². The van der Waals surface area contributed by atoms with Crippen LogP contribution in [0.25, 0.3) is 5.69 Å². The lowest BCUT2D eigenvalue weighted by atomic mass is 10.2. The molecule has 0 amide bonds.